The summed E-state index contributed by atoms with van der Waals surface area (Å²) in [5.41, 5.74) is 0. The molecule has 0 aromatic carbocycles. The predicted octanol–water partition coefficient (Wildman–Crippen LogP) is 1.11. The van der Waals surface area contributed by atoms with Crippen LogP contribution in [0, 0.1) is 0 Å². The summed E-state index contributed by atoms with van der Waals surface area (Å²) in [6, 6.07) is 4.34. The van der Waals surface area contributed by atoms with E-state index in [1.165, 1.54) is 0 Å². The molecule has 1 N–H and O–H groups in total. The topological polar surface area (TPSA) is 32.3 Å². The quantitative estimate of drug-likeness (QED) is 0.834. The van der Waals surface area contributed by atoms with E-state index in [9.17, 15) is 4.79 Å². The SMILES string of the molecule is CN1CCC(NC(=O)Cc2cccs2)C1. The lowest BCUT2D eigenvalue weighted by atomic mass is 10.2. The zero-order valence-electron chi connectivity index (χ0n) is 8.90. The zero-order chi connectivity index (χ0) is 10.7. The monoisotopic (exact) mass is 224 g/mol. The number of amides is 1. The number of nitrogens with zero attached hydrogens (tertiary/aromatic N) is 1. The van der Waals surface area contributed by atoms with Crippen molar-refractivity contribution in [2.24, 2.45) is 0 Å². The summed E-state index contributed by atoms with van der Waals surface area (Å²) in [4.78, 5) is 15.0. The van der Waals surface area contributed by atoms with Crippen LogP contribution in [0.5, 0.6) is 0 Å². The summed E-state index contributed by atoms with van der Waals surface area (Å²) >= 11 is 1.64. The van der Waals surface area contributed by atoms with Crippen LogP contribution in [0.3, 0.4) is 0 Å². The average molecular weight is 224 g/mol. The normalized spacial score (nSPS) is 21.8. The molecule has 1 aromatic rings. The predicted molar refractivity (Wildman–Crippen MR) is 62.1 cm³/mol. The van der Waals surface area contributed by atoms with Gasteiger partial charge in [-0.15, -0.1) is 11.3 Å². The number of thiophene rings is 1. The molecule has 1 saturated heterocycles. The van der Waals surface area contributed by atoms with Crippen molar-refractivity contribution < 1.29 is 4.79 Å². The van der Waals surface area contributed by atoms with Gasteiger partial charge in [-0.3, -0.25) is 4.79 Å². The maximum absolute atomic E-state index is 11.7. The van der Waals surface area contributed by atoms with E-state index < -0.39 is 0 Å². The fourth-order valence-corrected chi connectivity index (χ4v) is 2.61. The van der Waals surface area contributed by atoms with Crippen molar-refractivity contribution in [3.05, 3.63) is 22.4 Å². The van der Waals surface area contributed by atoms with E-state index in [2.05, 4.69) is 17.3 Å². The molecule has 0 radical (unpaired) electrons. The standard InChI is InChI=1S/C11H16N2OS/c1-13-5-4-9(8-13)12-11(14)7-10-3-2-6-15-10/h2-3,6,9H,4-5,7-8H2,1H3,(H,12,14). The van der Waals surface area contributed by atoms with Crippen LogP contribution in [0.25, 0.3) is 0 Å². The molecule has 0 spiro atoms. The van der Waals surface area contributed by atoms with Crippen molar-refractivity contribution in [1.29, 1.82) is 0 Å². The molecule has 82 valence electrons. The number of likely N-dealkylation sites (tertiary alicyclic amines) is 1. The Balaban J connectivity index is 1.78. The van der Waals surface area contributed by atoms with Crippen LogP contribution < -0.4 is 5.32 Å². The molecule has 15 heavy (non-hydrogen) atoms. The van der Waals surface area contributed by atoms with Crippen LogP contribution in [-0.2, 0) is 11.2 Å². The van der Waals surface area contributed by atoms with E-state index in [0.717, 1.165) is 24.4 Å². The van der Waals surface area contributed by atoms with Crippen molar-refractivity contribution in [3.63, 3.8) is 0 Å². The third kappa shape index (κ3) is 3.04. The summed E-state index contributed by atoms with van der Waals surface area (Å²) in [6.45, 7) is 2.07. The lowest BCUT2D eigenvalue weighted by Crippen LogP contribution is -2.37. The van der Waals surface area contributed by atoms with Crippen molar-refractivity contribution in [1.82, 2.24) is 10.2 Å². The van der Waals surface area contributed by atoms with Crippen LogP contribution in [-0.4, -0.2) is 37.0 Å². The Kier molecular flexibility index (Phi) is 3.38. The Labute approximate surface area is 94.1 Å². The molecule has 2 heterocycles. The van der Waals surface area contributed by atoms with Gasteiger partial charge in [0.05, 0.1) is 6.42 Å². The first-order valence-electron chi connectivity index (χ1n) is 5.24. The zero-order valence-corrected chi connectivity index (χ0v) is 9.72. The highest BCUT2D eigenvalue weighted by molar-refractivity contribution is 7.10. The fourth-order valence-electron chi connectivity index (χ4n) is 1.90. The van der Waals surface area contributed by atoms with Gasteiger partial charge in [0.2, 0.25) is 5.91 Å². The van der Waals surface area contributed by atoms with E-state index in [-0.39, 0.29) is 5.91 Å². The fraction of sp³-hybridized carbons (Fsp3) is 0.545. The van der Waals surface area contributed by atoms with Crippen LogP contribution in [0.1, 0.15) is 11.3 Å². The number of hydrogen-bond donors (Lipinski definition) is 1. The third-order valence-electron chi connectivity index (χ3n) is 2.67. The van der Waals surface area contributed by atoms with Gasteiger partial charge in [0.1, 0.15) is 0 Å². The van der Waals surface area contributed by atoms with E-state index in [1.807, 2.05) is 17.5 Å². The number of likely N-dealkylation sites (N-methyl/N-ethyl adjacent to an activating group) is 1. The Morgan fingerprint density at radius 1 is 1.73 bits per heavy atom. The van der Waals surface area contributed by atoms with Crippen molar-refractivity contribution in [2.45, 2.75) is 18.9 Å². The van der Waals surface area contributed by atoms with Crippen molar-refractivity contribution >= 4 is 17.2 Å². The second kappa shape index (κ2) is 4.77. The molecule has 4 heteroatoms. The van der Waals surface area contributed by atoms with Crippen LogP contribution >= 0.6 is 11.3 Å². The van der Waals surface area contributed by atoms with Gasteiger partial charge in [-0.05, 0) is 31.5 Å². The summed E-state index contributed by atoms with van der Waals surface area (Å²) in [5.74, 6) is 0.151. The molecule has 1 amide bonds. The Bertz CT molecular complexity index is 323. The molecule has 1 unspecified atom stereocenters. The number of carbonyl (C=O) groups is 1. The molecule has 3 nitrogen and oxygen atoms in total. The molecule has 1 atom stereocenters. The summed E-state index contributed by atoms with van der Waals surface area (Å²) < 4.78 is 0. The van der Waals surface area contributed by atoms with Gasteiger partial charge in [-0.2, -0.15) is 0 Å². The minimum absolute atomic E-state index is 0.151. The van der Waals surface area contributed by atoms with Gasteiger partial charge in [0.25, 0.3) is 0 Å². The Morgan fingerprint density at radius 2 is 2.60 bits per heavy atom. The van der Waals surface area contributed by atoms with Gasteiger partial charge >= 0.3 is 0 Å². The number of nitrogens with one attached hydrogen (secondary N) is 1. The maximum Gasteiger partial charge on any atom is 0.225 e. The smallest absolute Gasteiger partial charge is 0.225 e. The van der Waals surface area contributed by atoms with Gasteiger partial charge in [-0.1, -0.05) is 6.07 Å². The summed E-state index contributed by atoms with van der Waals surface area (Å²) in [7, 11) is 2.09. The summed E-state index contributed by atoms with van der Waals surface area (Å²) in [6.07, 6.45) is 1.60. The largest absolute Gasteiger partial charge is 0.352 e. The van der Waals surface area contributed by atoms with Crippen molar-refractivity contribution in [3.8, 4) is 0 Å². The van der Waals surface area contributed by atoms with E-state index in [0.29, 0.717) is 12.5 Å². The minimum atomic E-state index is 0.151. The summed E-state index contributed by atoms with van der Waals surface area (Å²) in [5, 5.41) is 5.08. The average Bonchev–Trinajstić information content (AvgIpc) is 2.77. The first-order chi connectivity index (χ1) is 7.24. The van der Waals surface area contributed by atoms with Gasteiger partial charge in [0.15, 0.2) is 0 Å². The molecule has 2 rings (SSSR count). The minimum Gasteiger partial charge on any atom is -0.352 e. The Hall–Kier alpha value is -0.870. The maximum atomic E-state index is 11.7. The lowest BCUT2D eigenvalue weighted by molar-refractivity contribution is -0.121. The molecule has 1 aliphatic heterocycles. The van der Waals surface area contributed by atoms with E-state index >= 15 is 0 Å². The number of rotatable bonds is 3. The Morgan fingerprint density at radius 3 is 3.20 bits per heavy atom. The van der Waals surface area contributed by atoms with E-state index in [1.54, 1.807) is 11.3 Å². The van der Waals surface area contributed by atoms with Crippen LogP contribution in [0.15, 0.2) is 17.5 Å². The van der Waals surface area contributed by atoms with Gasteiger partial charge in [0, 0.05) is 17.5 Å². The van der Waals surface area contributed by atoms with Gasteiger partial charge in [-0.25, -0.2) is 0 Å². The highest BCUT2D eigenvalue weighted by Crippen LogP contribution is 2.10. The molecule has 0 aliphatic carbocycles. The first-order valence-corrected chi connectivity index (χ1v) is 6.12. The molecular formula is C11H16N2OS. The van der Waals surface area contributed by atoms with E-state index in [4.69, 9.17) is 0 Å². The molecule has 0 bridgehead atoms. The number of carbonyl (C=O) groups excluding carboxylic acids is 1. The number of hydrogen-bond acceptors (Lipinski definition) is 3. The van der Waals surface area contributed by atoms with Gasteiger partial charge < -0.3 is 10.2 Å². The molecule has 1 aliphatic rings. The molecule has 1 aromatic heterocycles. The second-order valence-corrected chi connectivity index (χ2v) is 5.10. The second-order valence-electron chi connectivity index (χ2n) is 4.07. The van der Waals surface area contributed by atoms with Crippen LogP contribution in [0.2, 0.25) is 0 Å². The third-order valence-corrected chi connectivity index (χ3v) is 3.55. The lowest BCUT2D eigenvalue weighted by Gasteiger charge is -2.12. The molecular weight excluding hydrogens is 208 g/mol. The van der Waals surface area contributed by atoms with Crippen LogP contribution in [0.4, 0.5) is 0 Å². The van der Waals surface area contributed by atoms with Crippen molar-refractivity contribution in [2.75, 3.05) is 20.1 Å². The highest BCUT2D eigenvalue weighted by atomic mass is 32.1. The highest BCUT2D eigenvalue weighted by Gasteiger charge is 2.20. The molecule has 1 fully saturated rings. The molecule has 0 saturated carbocycles. The first kappa shape index (κ1) is 10.6.